The van der Waals surface area contributed by atoms with Crippen molar-refractivity contribution in [2.75, 3.05) is 31.7 Å². The third-order valence-corrected chi connectivity index (χ3v) is 3.94. The Hall–Kier alpha value is -2.41. The summed E-state index contributed by atoms with van der Waals surface area (Å²) in [4.78, 5) is 35.4. The normalized spacial score (nSPS) is 12.7. The molecule has 0 atom stereocenters. The first-order valence-electron chi connectivity index (χ1n) is 9.04. The van der Waals surface area contributed by atoms with Crippen molar-refractivity contribution in [3.05, 3.63) is 23.8 Å². The molecule has 0 saturated heterocycles. The molecule has 0 radical (unpaired) electrons. The van der Waals surface area contributed by atoms with E-state index >= 15 is 0 Å². The van der Waals surface area contributed by atoms with Crippen LogP contribution in [0.1, 0.15) is 49.4 Å². The first kappa shape index (κ1) is 19.9. The van der Waals surface area contributed by atoms with Gasteiger partial charge in [-0.25, -0.2) is 0 Å². The summed E-state index contributed by atoms with van der Waals surface area (Å²) >= 11 is 0. The van der Waals surface area contributed by atoms with E-state index in [1.54, 1.807) is 18.2 Å². The molecule has 0 aromatic heterocycles. The highest BCUT2D eigenvalue weighted by atomic mass is 16.5. The second-order valence-electron chi connectivity index (χ2n) is 6.14. The van der Waals surface area contributed by atoms with Crippen molar-refractivity contribution in [1.29, 1.82) is 0 Å². The van der Waals surface area contributed by atoms with Gasteiger partial charge >= 0.3 is 0 Å². The average Bonchev–Trinajstić information content (AvgIpc) is 2.64. The standard InChI is InChI=1S/C19H26N2O5/c1-2-3-10-25-11-4-9-20-18(23)8-6-16(22)14-5-7-17-15(12-14)21-19(24)13-26-17/h5,7,12H,2-4,6,8-11,13H2,1H3,(H,20,23)(H,21,24). The lowest BCUT2D eigenvalue weighted by atomic mass is 10.0. The predicted molar refractivity (Wildman–Crippen MR) is 97.5 cm³/mol. The van der Waals surface area contributed by atoms with E-state index < -0.39 is 0 Å². The number of carbonyl (C=O) groups is 3. The SMILES string of the molecule is CCCCOCCCNC(=O)CCC(=O)c1ccc2c(c1)NC(=O)CO2. The van der Waals surface area contributed by atoms with Gasteiger partial charge in [-0.2, -0.15) is 0 Å². The topological polar surface area (TPSA) is 93.7 Å². The second-order valence-corrected chi connectivity index (χ2v) is 6.14. The van der Waals surface area contributed by atoms with Gasteiger partial charge in [0.1, 0.15) is 5.75 Å². The van der Waals surface area contributed by atoms with Gasteiger partial charge in [0.15, 0.2) is 12.4 Å². The molecule has 0 fully saturated rings. The van der Waals surface area contributed by atoms with Crippen molar-refractivity contribution >= 4 is 23.3 Å². The maximum absolute atomic E-state index is 12.2. The molecule has 2 rings (SSSR count). The molecule has 2 amide bonds. The number of ether oxygens (including phenoxy) is 2. The number of hydrogen-bond donors (Lipinski definition) is 2. The Kier molecular flexibility index (Phi) is 8.08. The van der Waals surface area contributed by atoms with Crippen LogP contribution in [0.5, 0.6) is 5.75 Å². The van der Waals surface area contributed by atoms with Crippen LogP contribution in [0.3, 0.4) is 0 Å². The monoisotopic (exact) mass is 362 g/mol. The number of hydrogen-bond acceptors (Lipinski definition) is 5. The van der Waals surface area contributed by atoms with Gasteiger partial charge in [-0.3, -0.25) is 14.4 Å². The van der Waals surface area contributed by atoms with Crippen LogP contribution in [-0.4, -0.2) is 44.0 Å². The van der Waals surface area contributed by atoms with E-state index in [9.17, 15) is 14.4 Å². The summed E-state index contributed by atoms with van der Waals surface area (Å²) in [5.74, 6) is -0.00706. The first-order valence-corrected chi connectivity index (χ1v) is 9.04. The summed E-state index contributed by atoms with van der Waals surface area (Å²) in [5, 5.41) is 5.45. The predicted octanol–water partition coefficient (Wildman–Crippen LogP) is 2.30. The van der Waals surface area contributed by atoms with E-state index in [0.29, 0.717) is 30.2 Å². The third kappa shape index (κ3) is 6.48. The fourth-order valence-electron chi connectivity index (χ4n) is 2.47. The molecule has 0 spiro atoms. The minimum Gasteiger partial charge on any atom is -0.482 e. The minimum atomic E-state index is -0.250. The zero-order chi connectivity index (χ0) is 18.8. The maximum Gasteiger partial charge on any atom is 0.262 e. The fourth-order valence-corrected chi connectivity index (χ4v) is 2.47. The van der Waals surface area contributed by atoms with E-state index in [0.717, 1.165) is 25.9 Å². The van der Waals surface area contributed by atoms with Crippen LogP contribution in [0.25, 0.3) is 0 Å². The lowest BCUT2D eigenvalue weighted by Gasteiger charge is -2.18. The van der Waals surface area contributed by atoms with E-state index in [1.165, 1.54) is 0 Å². The molecule has 2 N–H and O–H groups in total. The molecule has 7 heteroatoms. The third-order valence-electron chi connectivity index (χ3n) is 3.94. The number of fused-ring (bicyclic) bond motifs is 1. The minimum absolute atomic E-state index is 0.0237. The van der Waals surface area contributed by atoms with Gasteiger partial charge in [0, 0.05) is 38.2 Å². The summed E-state index contributed by atoms with van der Waals surface area (Å²) in [6, 6.07) is 4.88. The highest BCUT2D eigenvalue weighted by Crippen LogP contribution is 2.28. The molecule has 1 aromatic rings. The fraction of sp³-hybridized carbons (Fsp3) is 0.526. The number of rotatable bonds is 11. The molecule has 0 aliphatic carbocycles. The molecule has 1 aliphatic rings. The molecule has 0 saturated carbocycles. The average molecular weight is 362 g/mol. The number of benzene rings is 1. The molecule has 26 heavy (non-hydrogen) atoms. The van der Waals surface area contributed by atoms with Crippen LogP contribution in [0.4, 0.5) is 5.69 Å². The van der Waals surface area contributed by atoms with E-state index in [2.05, 4.69) is 17.6 Å². The molecular weight excluding hydrogens is 336 g/mol. The number of unbranched alkanes of at least 4 members (excludes halogenated alkanes) is 1. The summed E-state index contributed by atoms with van der Waals surface area (Å²) in [6.45, 7) is 4.01. The first-order chi connectivity index (χ1) is 12.6. The van der Waals surface area contributed by atoms with E-state index in [-0.39, 0.29) is 37.0 Å². The van der Waals surface area contributed by atoms with Gasteiger partial charge in [0.2, 0.25) is 5.91 Å². The number of carbonyl (C=O) groups excluding carboxylic acids is 3. The van der Waals surface area contributed by atoms with Crippen molar-refractivity contribution in [2.24, 2.45) is 0 Å². The Morgan fingerprint density at radius 1 is 1.23 bits per heavy atom. The van der Waals surface area contributed by atoms with Gasteiger partial charge in [0.25, 0.3) is 5.91 Å². The lowest BCUT2D eigenvalue weighted by molar-refractivity contribution is -0.121. The van der Waals surface area contributed by atoms with Crippen molar-refractivity contribution in [1.82, 2.24) is 5.32 Å². The lowest BCUT2D eigenvalue weighted by Crippen LogP contribution is -2.26. The van der Waals surface area contributed by atoms with Crippen LogP contribution in [0.2, 0.25) is 0 Å². The van der Waals surface area contributed by atoms with Crippen molar-refractivity contribution in [3.8, 4) is 5.75 Å². The number of anilines is 1. The molecule has 1 aromatic carbocycles. The number of amides is 2. The van der Waals surface area contributed by atoms with Crippen LogP contribution >= 0.6 is 0 Å². The van der Waals surface area contributed by atoms with Gasteiger partial charge in [-0.1, -0.05) is 13.3 Å². The molecule has 0 bridgehead atoms. The zero-order valence-corrected chi connectivity index (χ0v) is 15.1. The van der Waals surface area contributed by atoms with Crippen molar-refractivity contribution in [3.63, 3.8) is 0 Å². The van der Waals surface area contributed by atoms with Crippen LogP contribution in [-0.2, 0) is 14.3 Å². The molecular formula is C19H26N2O5. The largest absolute Gasteiger partial charge is 0.482 e. The van der Waals surface area contributed by atoms with Gasteiger partial charge in [-0.05, 0) is 31.0 Å². The molecule has 1 aliphatic heterocycles. The Balaban J connectivity index is 1.67. The molecule has 7 nitrogen and oxygen atoms in total. The maximum atomic E-state index is 12.2. The van der Waals surface area contributed by atoms with Gasteiger partial charge in [-0.15, -0.1) is 0 Å². The van der Waals surface area contributed by atoms with Crippen LogP contribution in [0, 0.1) is 0 Å². The molecule has 142 valence electrons. The summed E-state index contributed by atoms with van der Waals surface area (Å²) in [6.07, 6.45) is 3.16. The molecule has 1 heterocycles. The number of nitrogens with one attached hydrogen (secondary N) is 2. The Labute approximate surface area is 153 Å². The van der Waals surface area contributed by atoms with Crippen LogP contribution < -0.4 is 15.4 Å². The van der Waals surface area contributed by atoms with Gasteiger partial charge in [0.05, 0.1) is 5.69 Å². The zero-order valence-electron chi connectivity index (χ0n) is 15.1. The Morgan fingerprint density at radius 2 is 2.04 bits per heavy atom. The molecule has 0 unspecified atom stereocenters. The van der Waals surface area contributed by atoms with Crippen molar-refractivity contribution in [2.45, 2.75) is 39.0 Å². The highest BCUT2D eigenvalue weighted by Gasteiger charge is 2.18. The summed E-state index contributed by atoms with van der Waals surface area (Å²) < 4.78 is 10.7. The highest BCUT2D eigenvalue weighted by molar-refractivity contribution is 6.01. The number of ketones is 1. The smallest absolute Gasteiger partial charge is 0.262 e. The quantitative estimate of drug-likeness (QED) is 0.465. The van der Waals surface area contributed by atoms with E-state index in [1.807, 2.05) is 0 Å². The number of Topliss-reactive ketones (excluding diaryl/α,β-unsaturated/α-hetero) is 1. The second kappa shape index (κ2) is 10.6. The van der Waals surface area contributed by atoms with E-state index in [4.69, 9.17) is 9.47 Å². The van der Waals surface area contributed by atoms with Crippen molar-refractivity contribution < 1.29 is 23.9 Å². The Bertz CT molecular complexity index is 645. The summed E-state index contributed by atoms with van der Waals surface area (Å²) in [5.41, 5.74) is 0.936. The Morgan fingerprint density at radius 3 is 2.85 bits per heavy atom. The van der Waals surface area contributed by atoms with Gasteiger partial charge < -0.3 is 20.1 Å². The summed E-state index contributed by atoms with van der Waals surface area (Å²) in [7, 11) is 0. The van der Waals surface area contributed by atoms with Crippen LogP contribution in [0.15, 0.2) is 18.2 Å².